The smallest absolute Gasteiger partial charge is 0.262 e. The number of benzene rings is 3. The second-order valence-electron chi connectivity index (χ2n) is 14.9. The Bertz CT molecular complexity index is 2470. The summed E-state index contributed by atoms with van der Waals surface area (Å²) in [6.07, 6.45) is 7.42. The van der Waals surface area contributed by atoms with Crippen LogP contribution in [0.4, 0.5) is 5.69 Å². The minimum absolute atomic E-state index is 0.0718. The van der Waals surface area contributed by atoms with Gasteiger partial charge in [0.2, 0.25) is 11.8 Å². The molecule has 10 rings (SSSR count). The first kappa shape index (κ1) is 33.9. The highest BCUT2D eigenvalue weighted by atomic mass is 16.5. The summed E-state index contributed by atoms with van der Waals surface area (Å²) in [5, 5.41) is 20.1. The van der Waals surface area contributed by atoms with Crippen molar-refractivity contribution >= 4 is 35.0 Å². The summed E-state index contributed by atoms with van der Waals surface area (Å²) in [6, 6.07) is 22.7. The lowest BCUT2D eigenvalue weighted by Crippen LogP contribution is -2.67. The second-order valence-corrected chi connectivity index (χ2v) is 14.9. The molecule has 5 aliphatic rings. The zero-order valence-corrected chi connectivity index (χ0v) is 30.2. The molecule has 5 aromatic rings. The molecule has 56 heavy (non-hydrogen) atoms. The molecule has 280 valence electrons. The number of imide groups is 2. The maximum Gasteiger partial charge on any atom is 0.262 e. The van der Waals surface area contributed by atoms with Crippen LogP contribution in [0.25, 0.3) is 28.1 Å². The Morgan fingerprint density at radius 3 is 2.27 bits per heavy atom. The van der Waals surface area contributed by atoms with Crippen molar-refractivity contribution in [1.82, 2.24) is 29.9 Å². The molecule has 3 aromatic carbocycles. The summed E-state index contributed by atoms with van der Waals surface area (Å²) in [7, 11) is 0. The van der Waals surface area contributed by atoms with Crippen LogP contribution in [0.2, 0.25) is 0 Å². The van der Waals surface area contributed by atoms with Crippen LogP contribution in [0.5, 0.6) is 5.75 Å². The quantitative estimate of drug-likeness (QED) is 0.134. The molecule has 4 aliphatic heterocycles. The van der Waals surface area contributed by atoms with E-state index in [0.29, 0.717) is 11.6 Å². The maximum atomic E-state index is 13.3. The van der Waals surface area contributed by atoms with Crippen molar-refractivity contribution in [1.29, 1.82) is 0 Å². The molecule has 0 spiro atoms. The molecular formula is C42H36N8O6. The third kappa shape index (κ3) is 5.71. The Kier molecular flexibility index (Phi) is 8.02. The zero-order valence-electron chi connectivity index (χ0n) is 30.2. The molecule has 1 aliphatic carbocycles. The summed E-state index contributed by atoms with van der Waals surface area (Å²) in [5.41, 5.74) is 9.06. The highest BCUT2D eigenvalue weighted by Crippen LogP contribution is 2.36. The van der Waals surface area contributed by atoms with Crippen molar-refractivity contribution in [2.75, 3.05) is 31.1 Å². The number of carbonyl (C=O) groups excluding carboxylic acids is 4. The third-order valence-electron chi connectivity index (χ3n) is 11.6. The predicted molar refractivity (Wildman–Crippen MR) is 204 cm³/mol. The van der Waals surface area contributed by atoms with Crippen molar-refractivity contribution in [2.45, 2.75) is 43.9 Å². The Morgan fingerprint density at radius 2 is 1.50 bits per heavy atom. The van der Waals surface area contributed by atoms with E-state index in [4.69, 9.17) is 9.84 Å². The van der Waals surface area contributed by atoms with Gasteiger partial charge in [-0.05, 0) is 85.0 Å². The summed E-state index contributed by atoms with van der Waals surface area (Å²) >= 11 is 0. The molecule has 6 heterocycles. The Morgan fingerprint density at radius 1 is 0.750 bits per heavy atom. The predicted octanol–water partition coefficient (Wildman–Crippen LogP) is 4.08. The van der Waals surface area contributed by atoms with Crippen molar-refractivity contribution in [3.05, 3.63) is 114 Å². The largest absolute Gasteiger partial charge is 0.488 e. The van der Waals surface area contributed by atoms with E-state index in [9.17, 15) is 24.4 Å². The van der Waals surface area contributed by atoms with Gasteiger partial charge in [-0.1, -0.05) is 23.4 Å². The fraction of sp³-hybridized carbons (Fsp3) is 0.262. The number of amides is 4. The molecule has 1 atom stereocenters. The molecule has 3 fully saturated rings. The van der Waals surface area contributed by atoms with Crippen LogP contribution in [-0.2, 0) is 16.0 Å². The van der Waals surface area contributed by atoms with Gasteiger partial charge in [-0.15, -0.1) is 0 Å². The zero-order chi connectivity index (χ0) is 38.1. The van der Waals surface area contributed by atoms with Gasteiger partial charge in [0.15, 0.2) is 0 Å². The van der Waals surface area contributed by atoms with Crippen LogP contribution in [0, 0.1) is 0 Å². The van der Waals surface area contributed by atoms with Crippen LogP contribution in [0.15, 0.2) is 96.5 Å². The van der Waals surface area contributed by atoms with Gasteiger partial charge in [0, 0.05) is 79.6 Å². The first-order valence-corrected chi connectivity index (χ1v) is 18.8. The molecule has 1 unspecified atom stereocenters. The van der Waals surface area contributed by atoms with E-state index >= 15 is 0 Å². The van der Waals surface area contributed by atoms with E-state index < -0.39 is 29.7 Å². The van der Waals surface area contributed by atoms with Crippen LogP contribution in [0.3, 0.4) is 0 Å². The number of carbonyl (C=O) groups is 4. The number of oxime groups is 1. The Balaban J connectivity index is 0.763. The van der Waals surface area contributed by atoms with Crippen LogP contribution in [0.1, 0.15) is 51.1 Å². The number of hydrogen-bond donors (Lipinski definition) is 2. The number of aromatic nitrogens is 3. The fourth-order valence-electron chi connectivity index (χ4n) is 8.45. The minimum atomic E-state index is -0.979. The second kappa shape index (κ2) is 13.3. The van der Waals surface area contributed by atoms with Crippen LogP contribution < -0.4 is 15.0 Å². The summed E-state index contributed by atoms with van der Waals surface area (Å²) in [4.78, 5) is 60.1. The highest BCUT2D eigenvalue weighted by Gasteiger charge is 2.46. The monoisotopic (exact) mass is 748 g/mol. The number of rotatable bonds is 8. The number of anilines is 1. The van der Waals surface area contributed by atoms with Gasteiger partial charge in [-0.25, -0.2) is 4.68 Å². The summed E-state index contributed by atoms with van der Waals surface area (Å²) in [5.74, 6) is -1.22. The highest BCUT2D eigenvalue weighted by molar-refractivity contribution is 6.23. The number of aryl methyl sites for hydroxylation is 1. The normalized spacial score (nSPS) is 20.6. The van der Waals surface area contributed by atoms with E-state index in [-0.39, 0.29) is 24.5 Å². The fourth-order valence-corrected chi connectivity index (χ4v) is 8.45. The SMILES string of the molecule is O=C1CCC(N2C(=O)c3ccc(N4CC(N5CC(Oc6ccc(-n7cc(-c8ccc9c(c8)CC/C9=N\O)c(-c8ccncc8)n7)cc6)C5)C4)cc3C2=O)C(=O)N1. The molecule has 0 saturated carbocycles. The molecule has 0 radical (unpaired) electrons. The van der Waals surface area contributed by atoms with Gasteiger partial charge in [0.1, 0.15) is 23.6 Å². The number of fused-ring (bicyclic) bond motifs is 2. The average molecular weight is 749 g/mol. The lowest BCUT2D eigenvalue weighted by molar-refractivity contribution is -0.136. The first-order valence-electron chi connectivity index (χ1n) is 18.8. The van der Waals surface area contributed by atoms with Gasteiger partial charge < -0.3 is 14.8 Å². The van der Waals surface area contributed by atoms with Gasteiger partial charge in [-0.3, -0.25) is 39.3 Å². The average Bonchev–Trinajstić information content (AvgIpc) is 3.88. The van der Waals surface area contributed by atoms with E-state index in [1.165, 1.54) is 0 Å². The molecule has 2 aromatic heterocycles. The molecule has 2 N–H and O–H groups in total. The molecular weight excluding hydrogens is 713 g/mol. The number of nitrogens with zero attached hydrogens (tertiary/aromatic N) is 7. The third-order valence-corrected chi connectivity index (χ3v) is 11.6. The van der Waals surface area contributed by atoms with Crippen molar-refractivity contribution in [3.8, 4) is 33.8 Å². The van der Waals surface area contributed by atoms with Gasteiger partial charge in [0.25, 0.3) is 11.8 Å². The van der Waals surface area contributed by atoms with E-state index in [1.54, 1.807) is 24.5 Å². The van der Waals surface area contributed by atoms with E-state index in [2.05, 4.69) is 37.4 Å². The van der Waals surface area contributed by atoms with E-state index in [1.807, 2.05) is 59.4 Å². The van der Waals surface area contributed by atoms with Crippen molar-refractivity contribution in [2.24, 2.45) is 5.16 Å². The van der Waals surface area contributed by atoms with Gasteiger partial charge >= 0.3 is 0 Å². The Hall–Kier alpha value is -6.67. The van der Waals surface area contributed by atoms with Crippen molar-refractivity contribution < 1.29 is 29.1 Å². The van der Waals surface area contributed by atoms with Gasteiger partial charge in [-0.2, -0.15) is 5.10 Å². The maximum absolute atomic E-state index is 13.3. The molecule has 0 bridgehead atoms. The number of piperidine rings is 1. The molecule has 14 nitrogen and oxygen atoms in total. The topological polar surface area (TPSA) is 163 Å². The standard InChI is InChI=1S/C42H36N8O6/c51-38-12-11-37(40(52)44-38)50-41(53)33-9-5-28(18-34(33)42(50)54)47-19-29(20-47)48-21-31(22-48)56-30-6-3-27(4-7-30)49-23-35(39(45-49)24-13-15-43-16-14-24)26-1-8-32-25(17-26)2-10-36(32)46-55/h1,3-9,13-18,23,29,31,37,55H,2,10-12,19-22H2,(H,44,51,52)/b46-36+. The number of likely N-dealkylation sites (tertiary alicyclic amines) is 1. The molecule has 4 amide bonds. The molecule has 14 heteroatoms. The number of nitrogens with one attached hydrogen (secondary N) is 1. The van der Waals surface area contributed by atoms with Gasteiger partial charge in [0.05, 0.1) is 22.5 Å². The first-order chi connectivity index (χ1) is 27.3. The summed E-state index contributed by atoms with van der Waals surface area (Å²) < 4.78 is 8.22. The van der Waals surface area contributed by atoms with E-state index in [0.717, 1.165) is 100 Å². The Labute approximate surface area is 321 Å². The molecule has 3 saturated heterocycles. The number of ether oxygens (including phenoxy) is 1. The van der Waals surface area contributed by atoms with Crippen molar-refractivity contribution in [3.63, 3.8) is 0 Å². The van der Waals surface area contributed by atoms with Crippen LogP contribution >= 0.6 is 0 Å². The minimum Gasteiger partial charge on any atom is -0.488 e. The lowest BCUT2D eigenvalue weighted by atomic mass is 9.98. The number of pyridine rings is 1. The lowest BCUT2D eigenvalue weighted by Gasteiger charge is -2.52. The van der Waals surface area contributed by atoms with Crippen LogP contribution in [-0.4, -0.2) is 103 Å². The number of hydrogen-bond acceptors (Lipinski definition) is 11. The summed E-state index contributed by atoms with van der Waals surface area (Å²) in [6.45, 7) is 3.19.